The van der Waals surface area contributed by atoms with Gasteiger partial charge in [-0.3, -0.25) is 14.4 Å². The zero-order chi connectivity index (χ0) is 15.9. The largest absolute Gasteiger partial charge is 0.354 e. The molecule has 0 aliphatic rings. The second-order valence-electron chi connectivity index (χ2n) is 6.18. The Morgan fingerprint density at radius 1 is 0.900 bits per heavy atom. The molecule has 0 aromatic carbocycles. The van der Waals surface area contributed by atoms with Gasteiger partial charge in [0.1, 0.15) is 6.04 Å². The van der Waals surface area contributed by atoms with E-state index in [1.165, 1.54) is 0 Å². The first-order chi connectivity index (χ1) is 9.05. The Balaban J connectivity index is 3.98. The maximum absolute atomic E-state index is 11.7. The molecule has 6 heteroatoms. The molecule has 0 rings (SSSR count). The van der Waals surface area contributed by atoms with Crippen LogP contribution < -0.4 is 16.0 Å². The molecule has 0 saturated heterocycles. The topological polar surface area (TPSA) is 87.3 Å². The molecular weight excluding hydrogens is 258 g/mol. The van der Waals surface area contributed by atoms with E-state index in [4.69, 9.17) is 0 Å². The van der Waals surface area contributed by atoms with Crippen molar-refractivity contribution in [1.29, 1.82) is 0 Å². The number of amides is 3. The molecule has 0 bridgehead atoms. The molecule has 1 unspecified atom stereocenters. The molecule has 116 valence electrons. The van der Waals surface area contributed by atoms with Crippen molar-refractivity contribution in [1.82, 2.24) is 16.0 Å². The Kier molecular flexibility index (Phi) is 7.24. The summed E-state index contributed by atoms with van der Waals surface area (Å²) in [6.07, 6.45) is 0. The van der Waals surface area contributed by atoms with Crippen molar-refractivity contribution in [3.63, 3.8) is 0 Å². The third-order valence-corrected chi connectivity index (χ3v) is 2.67. The molecule has 3 amide bonds. The molecule has 0 aromatic heterocycles. The highest BCUT2D eigenvalue weighted by atomic mass is 16.2. The summed E-state index contributed by atoms with van der Waals surface area (Å²) in [5.74, 6) is -0.557. The number of hydrogen-bond donors (Lipinski definition) is 3. The van der Waals surface area contributed by atoms with Crippen molar-refractivity contribution in [2.24, 2.45) is 11.3 Å². The van der Waals surface area contributed by atoms with E-state index in [9.17, 15) is 14.4 Å². The van der Waals surface area contributed by atoms with Crippen molar-refractivity contribution >= 4 is 17.7 Å². The monoisotopic (exact) mass is 285 g/mol. The van der Waals surface area contributed by atoms with Gasteiger partial charge >= 0.3 is 0 Å². The fraction of sp³-hybridized carbons (Fsp3) is 0.786. The van der Waals surface area contributed by atoms with E-state index in [0.717, 1.165) is 0 Å². The van der Waals surface area contributed by atoms with Gasteiger partial charge in [0, 0.05) is 24.4 Å². The maximum atomic E-state index is 11.7. The summed E-state index contributed by atoms with van der Waals surface area (Å²) in [5, 5.41) is 8.01. The molecule has 6 nitrogen and oxygen atoms in total. The first kappa shape index (κ1) is 18.4. The van der Waals surface area contributed by atoms with Gasteiger partial charge in [-0.05, 0) is 6.92 Å². The molecule has 0 fully saturated rings. The number of rotatable bonds is 6. The van der Waals surface area contributed by atoms with E-state index in [-0.39, 0.29) is 23.6 Å². The van der Waals surface area contributed by atoms with Crippen LogP contribution >= 0.6 is 0 Å². The van der Waals surface area contributed by atoms with Crippen molar-refractivity contribution in [2.45, 2.75) is 47.6 Å². The van der Waals surface area contributed by atoms with Gasteiger partial charge in [0.25, 0.3) is 0 Å². The standard InChI is InChI=1S/C14H27N3O3/c1-9(2)11(18)15-7-8-16-12(19)10(3)17-13(20)14(4,5)6/h9-10H,7-8H2,1-6H3,(H,15,18)(H,16,19)(H,17,20). The number of carbonyl (C=O) groups excluding carboxylic acids is 3. The molecular formula is C14H27N3O3. The van der Waals surface area contributed by atoms with Crippen LogP contribution in [0.3, 0.4) is 0 Å². The van der Waals surface area contributed by atoms with Crippen LogP contribution in [0.2, 0.25) is 0 Å². The van der Waals surface area contributed by atoms with Crippen LogP contribution in [-0.4, -0.2) is 36.9 Å². The summed E-state index contributed by atoms with van der Waals surface area (Å²) in [7, 11) is 0. The SMILES string of the molecule is CC(C)C(=O)NCCNC(=O)C(C)NC(=O)C(C)(C)C. The Labute approximate surface area is 121 Å². The molecule has 0 aromatic rings. The summed E-state index contributed by atoms with van der Waals surface area (Å²) >= 11 is 0. The highest BCUT2D eigenvalue weighted by molar-refractivity contribution is 5.89. The van der Waals surface area contributed by atoms with Gasteiger partial charge in [0.05, 0.1) is 0 Å². The molecule has 3 N–H and O–H groups in total. The Morgan fingerprint density at radius 2 is 1.35 bits per heavy atom. The molecule has 0 radical (unpaired) electrons. The molecule has 20 heavy (non-hydrogen) atoms. The Bertz CT molecular complexity index is 359. The summed E-state index contributed by atoms with van der Waals surface area (Å²) in [5.41, 5.74) is -0.528. The Morgan fingerprint density at radius 3 is 1.75 bits per heavy atom. The average Bonchev–Trinajstić information content (AvgIpc) is 2.32. The van der Waals surface area contributed by atoms with Crippen molar-refractivity contribution in [3.8, 4) is 0 Å². The second kappa shape index (κ2) is 7.87. The maximum Gasteiger partial charge on any atom is 0.242 e. The third kappa shape index (κ3) is 7.11. The van der Waals surface area contributed by atoms with Crippen molar-refractivity contribution in [2.75, 3.05) is 13.1 Å². The highest BCUT2D eigenvalue weighted by Gasteiger charge is 2.24. The lowest BCUT2D eigenvalue weighted by molar-refractivity contribution is -0.133. The number of hydrogen-bond acceptors (Lipinski definition) is 3. The lowest BCUT2D eigenvalue weighted by Gasteiger charge is -2.21. The fourth-order valence-corrected chi connectivity index (χ4v) is 1.21. The minimum atomic E-state index is -0.595. The fourth-order valence-electron chi connectivity index (χ4n) is 1.21. The van der Waals surface area contributed by atoms with E-state index in [2.05, 4.69) is 16.0 Å². The zero-order valence-electron chi connectivity index (χ0n) is 13.3. The molecule has 0 aliphatic heterocycles. The van der Waals surface area contributed by atoms with Gasteiger partial charge in [0.2, 0.25) is 17.7 Å². The van der Waals surface area contributed by atoms with Crippen LogP contribution in [0.5, 0.6) is 0 Å². The summed E-state index contributed by atoms with van der Waals surface area (Å²) in [4.78, 5) is 34.8. The minimum absolute atomic E-state index is 0.0478. The number of carbonyl (C=O) groups is 3. The molecule has 0 saturated carbocycles. The quantitative estimate of drug-likeness (QED) is 0.618. The first-order valence-corrected chi connectivity index (χ1v) is 6.92. The molecule has 0 heterocycles. The van der Waals surface area contributed by atoms with Crippen LogP contribution in [-0.2, 0) is 14.4 Å². The van der Waals surface area contributed by atoms with E-state index in [0.29, 0.717) is 13.1 Å². The average molecular weight is 285 g/mol. The van der Waals surface area contributed by atoms with E-state index in [1.807, 2.05) is 0 Å². The lowest BCUT2D eigenvalue weighted by Crippen LogP contribution is -2.49. The van der Waals surface area contributed by atoms with Crippen LogP contribution in [0, 0.1) is 11.3 Å². The van der Waals surface area contributed by atoms with Crippen molar-refractivity contribution in [3.05, 3.63) is 0 Å². The number of nitrogens with one attached hydrogen (secondary N) is 3. The van der Waals surface area contributed by atoms with E-state index < -0.39 is 11.5 Å². The highest BCUT2D eigenvalue weighted by Crippen LogP contribution is 2.12. The normalized spacial score (nSPS) is 12.8. The molecule has 1 atom stereocenters. The predicted octanol–water partition coefficient (Wildman–Crippen LogP) is 0.426. The van der Waals surface area contributed by atoms with Crippen LogP contribution in [0.4, 0.5) is 0 Å². The first-order valence-electron chi connectivity index (χ1n) is 6.92. The van der Waals surface area contributed by atoms with Crippen LogP contribution in [0.15, 0.2) is 0 Å². The summed E-state index contributed by atoms with van der Waals surface area (Å²) < 4.78 is 0. The van der Waals surface area contributed by atoms with Crippen LogP contribution in [0.25, 0.3) is 0 Å². The van der Waals surface area contributed by atoms with Gasteiger partial charge in [-0.15, -0.1) is 0 Å². The van der Waals surface area contributed by atoms with Gasteiger partial charge in [-0.2, -0.15) is 0 Å². The van der Waals surface area contributed by atoms with Gasteiger partial charge < -0.3 is 16.0 Å². The smallest absolute Gasteiger partial charge is 0.242 e. The second-order valence-corrected chi connectivity index (χ2v) is 6.18. The summed E-state index contributed by atoms with van der Waals surface area (Å²) in [6.45, 7) is 11.3. The van der Waals surface area contributed by atoms with E-state index in [1.54, 1.807) is 41.5 Å². The van der Waals surface area contributed by atoms with Gasteiger partial charge in [0.15, 0.2) is 0 Å². The van der Waals surface area contributed by atoms with Gasteiger partial charge in [-0.25, -0.2) is 0 Å². The Hall–Kier alpha value is -1.59. The third-order valence-electron chi connectivity index (χ3n) is 2.67. The molecule has 0 aliphatic carbocycles. The van der Waals surface area contributed by atoms with Crippen molar-refractivity contribution < 1.29 is 14.4 Å². The zero-order valence-corrected chi connectivity index (χ0v) is 13.3. The summed E-state index contributed by atoms with van der Waals surface area (Å²) in [6, 6.07) is -0.595. The van der Waals surface area contributed by atoms with Crippen LogP contribution in [0.1, 0.15) is 41.5 Å². The molecule has 0 spiro atoms. The van der Waals surface area contributed by atoms with E-state index >= 15 is 0 Å². The minimum Gasteiger partial charge on any atom is -0.354 e. The predicted molar refractivity (Wildman–Crippen MR) is 77.9 cm³/mol. The van der Waals surface area contributed by atoms with Gasteiger partial charge in [-0.1, -0.05) is 34.6 Å². The lowest BCUT2D eigenvalue weighted by atomic mass is 9.95.